The van der Waals surface area contributed by atoms with Crippen molar-refractivity contribution in [2.75, 3.05) is 5.75 Å². The molecule has 1 heterocycles. The molecular weight excluding hydrogens is 361 g/mol. The van der Waals surface area contributed by atoms with E-state index in [-0.39, 0.29) is 16.4 Å². The second-order valence-corrected chi connectivity index (χ2v) is 9.79. The highest BCUT2D eigenvalue weighted by Crippen LogP contribution is 2.28. The first-order chi connectivity index (χ1) is 11.6. The molecular formula is C18H22FNO3S2. The lowest BCUT2D eigenvalue weighted by Crippen LogP contribution is -2.21. The lowest BCUT2D eigenvalue weighted by molar-refractivity contribution is 0.491. The molecule has 0 radical (unpaired) electrons. The van der Waals surface area contributed by atoms with Crippen LogP contribution in [0, 0.1) is 12.7 Å². The van der Waals surface area contributed by atoms with Crippen LogP contribution in [0.5, 0.6) is 0 Å². The second kappa shape index (κ2) is 7.41. The van der Waals surface area contributed by atoms with E-state index in [4.69, 9.17) is 4.42 Å². The van der Waals surface area contributed by atoms with Crippen molar-refractivity contribution in [2.24, 2.45) is 4.40 Å². The molecule has 0 bridgehead atoms. The molecule has 0 aliphatic heterocycles. The van der Waals surface area contributed by atoms with Gasteiger partial charge in [-0.05, 0) is 52.5 Å². The molecule has 2 rings (SSSR count). The molecule has 25 heavy (non-hydrogen) atoms. The van der Waals surface area contributed by atoms with E-state index in [2.05, 4.69) is 4.40 Å². The molecule has 0 aliphatic carbocycles. The molecule has 0 N–H and O–H groups in total. The third kappa shape index (κ3) is 4.20. The van der Waals surface area contributed by atoms with E-state index in [1.807, 2.05) is 27.7 Å². The van der Waals surface area contributed by atoms with Crippen molar-refractivity contribution in [3.63, 3.8) is 0 Å². The Morgan fingerprint density at radius 3 is 2.56 bits per heavy atom. The number of fused-ring (bicyclic) bond motifs is 1. The van der Waals surface area contributed by atoms with Crippen molar-refractivity contribution in [1.29, 1.82) is 0 Å². The van der Waals surface area contributed by atoms with Crippen LogP contribution in [-0.4, -0.2) is 20.4 Å². The molecule has 7 heteroatoms. The van der Waals surface area contributed by atoms with E-state index in [1.54, 1.807) is 13.8 Å². The molecule has 0 aliphatic rings. The van der Waals surface area contributed by atoms with Crippen LogP contribution < -0.4 is 5.43 Å². The summed E-state index contributed by atoms with van der Waals surface area (Å²) in [5.41, 5.74) is 1.20. The zero-order chi connectivity index (χ0) is 18.9. The fraction of sp³-hybridized carbons (Fsp3) is 0.444. The van der Waals surface area contributed by atoms with Crippen LogP contribution in [0.25, 0.3) is 11.0 Å². The van der Waals surface area contributed by atoms with Gasteiger partial charge in [0.2, 0.25) is 0 Å². The topological polar surface area (TPSA) is 59.6 Å². The van der Waals surface area contributed by atoms with Crippen LogP contribution in [0.2, 0.25) is 0 Å². The molecule has 1 aromatic carbocycles. The number of halogens is 1. The van der Waals surface area contributed by atoms with Crippen molar-refractivity contribution in [3.8, 4) is 0 Å². The Morgan fingerprint density at radius 1 is 1.36 bits per heavy atom. The number of hydrogen-bond donors (Lipinski definition) is 0. The zero-order valence-corrected chi connectivity index (χ0v) is 16.9. The molecule has 0 saturated carbocycles. The second-order valence-electron chi connectivity index (χ2n) is 6.64. The van der Waals surface area contributed by atoms with Gasteiger partial charge in [0.25, 0.3) is 0 Å². The first-order valence-electron chi connectivity index (χ1n) is 7.93. The van der Waals surface area contributed by atoms with E-state index in [0.717, 1.165) is 5.75 Å². The molecule has 4 nitrogen and oxygen atoms in total. The van der Waals surface area contributed by atoms with Gasteiger partial charge < -0.3 is 4.42 Å². The van der Waals surface area contributed by atoms with Gasteiger partial charge >= 0.3 is 0 Å². The van der Waals surface area contributed by atoms with Gasteiger partial charge in [0.1, 0.15) is 22.4 Å². The molecule has 0 spiro atoms. The minimum Gasteiger partial charge on any atom is -0.449 e. The van der Waals surface area contributed by atoms with Gasteiger partial charge in [0.05, 0.1) is 15.8 Å². The maximum atomic E-state index is 14.1. The number of nitrogens with zero attached hydrogens (tertiary/aromatic N) is 1. The van der Waals surface area contributed by atoms with E-state index < -0.39 is 21.5 Å². The lowest BCUT2D eigenvalue weighted by atomic mass is 10.1. The quantitative estimate of drug-likeness (QED) is 0.571. The summed E-state index contributed by atoms with van der Waals surface area (Å²) in [6.07, 6.45) is 0. The van der Waals surface area contributed by atoms with E-state index in [0.29, 0.717) is 21.9 Å². The molecule has 0 saturated heterocycles. The third-order valence-corrected chi connectivity index (χ3v) is 5.98. The summed E-state index contributed by atoms with van der Waals surface area (Å²) in [6, 6.07) is 2.44. The average Bonchev–Trinajstić information content (AvgIpc) is 2.51. The Kier molecular flexibility index (Phi) is 5.89. The Hall–Kier alpha value is -1.47. The summed E-state index contributed by atoms with van der Waals surface area (Å²) in [5.74, 6) is 0.189. The maximum Gasteiger partial charge on any atom is 0.196 e. The van der Waals surface area contributed by atoms with Gasteiger partial charge in [-0.2, -0.15) is 4.40 Å². The van der Waals surface area contributed by atoms with Crippen LogP contribution >= 0.6 is 11.8 Å². The van der Waals surface area contributed by atoms with Crippen LogP contribution in [0.1, 0.15) is 45.7 Å². The standard InChI is InChI=1S/C18H22FNO3S2/c1-7-24-17-10(2)15(21)14-9-12(19)8-13(16(14)23-17)11(3)20-25(22)18(4,5)6/h8-9H,7H2,1-6H3/b20-11+/t25-/m1/s1. The smallest absolute Gasteiger partial charge is 0.196 e. The van der Waals surface area contributed by atoms with Gasteiger partial charge in [0, 0.05) is 11.1 Å². The Morgan fingerprint density at radius 2 is 2.00 bits per heavy atom. The monoisotopic (exact) mass is 383 g/mol. The number of benzene rings is 1. The van der Waals surface area contributed by atoms with Gasteiger partial charge in [-0.3, -0.25) is 4.79 Å². The minimum atomic E-state index is -1.50. The number of thioether (sulfide) groups is 1. The number of hydrogen-bond acceptors (Lipinski definition) is 4. The van der Waals surface area contributed by atoms with Crippen molar-refractivity contribution >= 4 is 39.4 Å². The highest BCUT2D eigenvalue weighted by Gasteiger charge is 2.21. The Bertz CT molecular complexity index is 927. The lowest BCUT2D eigenvalue weighted by Gasteiger charge is -2.15. The highest BCUT2D eigenvalue weighted by atomic mass is 32.2. The summed E-state index contributed by atoms with van der Waals surface area (Å²) >= 11 is 1.41. The fourth-order valence-corrected chi connectivity index (χ4v) is 3.52. The summed E-state index contributed by atoms with van der Waals surface area (Å²) in [4.78, 5) is 12.6. The van der Waals surface area contributed by atoms with Crippen LogP contribution in [0.15, 0.2) is 30.8 Å². The Balaban J connectivity index is 2.78. The summed E-state index contributed by atoms with van der Waals surface area (Å²) in [7, 11) is -1.50. The van der Waals surface area contributed by atoms with Crippen LogP contribution in [0.4, 0.5) is 4.39 Å². The normalized spacial score (nSPS) is 14.1. The number of rotatable bonds is 4. The molecule has 136 valence electrons. The van der Waals surface area contributed by atoms with E-state index in [1.165, 1.54) is 23.9 Å². The van der Waals surface area contributed by atoms with Crippen molar-refractivity contribution in [2.45, 2.75) is 51.4 Å². The molecule has 0 fully saturated rings. The van der Waals surface area contributed by atoms with Gasteiger partial charge in [-0.25, -0.2) is 8.60 Å². The Labute approximate surface area is 153 Å². The average molecular weight is 384 g/mol. The summed E-state index contributed by atoms with van der Waals surface area (Å²) in [5, 5.41) is 0.682. The predicted molar refractivity (Wildman–Crippen MR) is 104 cm³/mol. The van der Waals surface area contributed by atoms with Crippen molar-refractivity contribution < 1.29 is 13.0 Å². The maximum absolute atomic E-state index is 14.1. The molecule has 1 aromatic heterocycles. The molecule has 0 amide bonds. The SMILES string of the molecule is CCSc1oc2c(/C(C)=N/[S@](=O)C(C)(C)C)cc(F)cc2c(=O)c1C. The molecule has 2 aromatic rings. The minimum absolute atomic E-state index is 0.170. The highest BCUT2D eigenvalue weighted by molar-refractivity contribution is 7.99. The van der Waals surface area contributed by atoms with E-state index >= 15 is 0 Å². The zero-order valence-electron chi connectivity index (χ0n) is 15.2. The first kappa shape index (κ1) is 19.8. The van der Waals surface area contributed by atoms with E-state index in [9.17, 15) is 13.4 Å². The first-order valence-corrected chi connectivity index (χ1v) is 10.0. The molecule has 0 unspecified atom stereocenters. The van der Waals surface area contributed by atoms with Gasteiger partial charge in [0.15, 0.2) is 10.5 Å². The van der Waals surface area contributed by atoms with Gasteiger partial charge in [-0.1, -0.05) is 18.7 Å². The molecule has 1 atom stereocenters. The van der Waals surface area contributed by atoms with Crippen molar-refractivity contribution in [3.05, 3.63) is 39.3 Å². The van der Waals surface area contributed by atoms with Crippen molar-refractivity contribution in [1.82, 2.24) is 0 Å². The largest absolute Gasteiger partial charge is 0.449 e. The summed E-state index contributed by atoms with van der Waals surface area (Å²) < 4.78 is 35.9. The van der Waals surface area contributed by atoms with Crippen LogP contribution in [-0.2, 0) is 11.0 Å². The third-order valence-electron chi connectivity index (χ3n) is 3.55. The predicted octanol–water partition coefficient (Wildman–Crippen LogP) is 4.62. The summed E-state index contributed by atoms with van der Waals surface area (Å²) in [6.45, 7) is 10.7. The van der Waals surface area contributed by atoms with Gasteiger partial charge in [-0.15, -0.1) is 0 Å². The van der Waals surface area contributed by atoms with Crippen LogP contribution in [0.3, 0.4) is 0 Å². The fourth-order valence-electron chi connectivity index (χ4n) is 2.18.